The molecule has 1 aromatic rings. The predicted octanol–water partition coefficient (Wildman–Crippen LogP) is 2.94. The van der Waals surface area contributed by atoms with Crippen molar-refractivity contribution in [2.45, 2.75) is 52.8 Å². The Morgan fingerprint density at radius 1 is 1.55 bits per heavy atom. The van der Waals surface area contributed by atoms with Gasteiger partial charge in [0.05, 0.1) is 23.9 Å². The van der Waals surface area contributed by atoms with E-state index in [1.807, 2.05) is 12.4 Å². The van der Waals surface area contributed by atoms with Gasteiger partial charge in [-0.15, -0.1) is 35.3 Å². The van der Waals surface area contributed by atoms with Crippen molar-refractivity contribution < 1.29 is 4.74 Å². The maximum atomic E-state index is 5.50. The zero-order valence-corrected chi connectivity index (χ0v) is 17.1. The smallest absolute Gasteiger partial charge is 0.191 e. The van der Waals surface area contributed by atoms with E-state index in [2.05, 4.69) is 41.4 Å². The summed E-state index contributed by atoms with van der Waals surface area (Å²) in [5.74, 6) is 0.873. The van der Waals surface area contributed by atoms with Crippen LogP contribution < -0.4 is 10.6 Å². The van der Waals surface area contributed by atoms with E-state index in [1.165, 1.54) is 4.88 Å². The molecule has 1 aliphatic carbocycles. The van der Waals surface area contributed by atoms with Crippen molar-refractivity contribution in [3.05, 3.63) is 16.1 Å². The SMILES string of the molecule is CCNC(=NCc1scnc1C)NC1CC(OC)C1(C)C.I. The van der Waals surface area contributed by atoms with Crippen LogP contribution in [0.3, 0.4) is 0 Å². The van der Waals surface area contributed by atoms with Crippen molar-refractivity contribution >= 4 is 41.3 Å². The van der Waals surface area contributed by atoms with Gasteiger partial charge < -0.3 is 15.4 Å². The second-order valence-electron chi connectivity index (χ2n) is 6.03. The lowest BCUT2D eigenvalue weighted by Gasteiger charge is -2.51. The van der Waals surface area contributed by atoms with Gasteiger partial charge in [-0.05, 0) is 20.3 Å². The first-order chi connectivity index (χ1) is 9.98. The second kappa shape index (κ2) is 8.44. The van der Waals surface area contributed by atoms with Crippen LogP contribution in [0.15, 0.2) is 10.5 Å². The molecule has 1 heterocycles. The first kappa shape index (κ1) is 19.6. The van der Waals surface area contributed by atoms with Crippen LogP contribution >= 0.6 is 35.3 Å². The third-order valence-corrected chi connectivity index (χ3v) is 5.26. The van der Waals surface area contributed by atoms with Crippen LogP contribution in [0.2, 0.25) is 0 Å². The van der Waals surface area contributed by atoms with Gasteiger partial charge in [0.15, 0.2) is 5.96 Å². The van der Waals surface area contributed by atoms with E-state index in [4.69, 9.17) is 4.74 Å². The average Bonchev–Trinajstić information content (AvgIpc) is 2.85. The molecule has 2 N–H and O–H groups in total. The number of aryl methyl sites for hydroxylation is 1. The lowest BCUT2D eigenvalue weighted by molar-refractivity contribution is -0.0922. The summed E-state index contributed by atoms with van der Waals surface area (Å²) in [7, 11) is 1.79. The Morgan fingerprint density at radius 3 is 2.77 bits per heavy atom. The van der Waals surface area contributed by atoms with Crippen LogP contribution in [0.4, 0.5) is 0 Å². The first-order valence-corrected chi connectivity index (χ1v) is 8.33. The third kappa shape index (κ3) is 4.32. The Bertz CT molecular complexity index is 503. The number of thiazole rings is 1. The number of methoxy groups -OCH3 is 1. The molecule has 0 aromatic carbocycles. The van der Waals surface area contributed by atoms with E-state index < -0.39 is 0 Å². The molecule has 1 aliphatic rings. The van der Waals surface area contributed by atoms with E-state index in [0.29, 0.717) is 18.7 Å². The van der Waals surface area contributed by atoms with Gasteiger partial charge in [0, 0.05) is 30.0 Å². The molecule has 0 aliphatic heterocycles. The number of hydrogen-bond donors (Lipinski definition) is 2. The van der Waals surface area contributed by atoms with E-state index in [-0.39, 0.29) is 29.4 Å². The third-order valence-electron chi connectivity index (χ3n) is 4.34. The molecular formula is C15H27IN4OS. The van der Waals surface area contributed by atoms with Gasteiger partial charge in [-0.1, -0.05) is 13.8 Å². The first-order valence-electron chi connectivity index (χ1n) is 7.45. The number of halogens is 1. The van der Waals surface area contributed by atoms with E-state index in [1.54, 1.807) is 18.4 Å². The molecule has 0 amide bonds. The second-order valence-corrected chi connectivity index (χ2v) is 6.97. The summed E-state index contributed by atoms with van der Waals surface area (Å²) in [5, 5.41) is 6.85. The number of nitrogens with one attached hydrogen (secondary N) is 2. The maximum Gasteiger partial charge on any atom is 0.191 e. The van der Waals surface area contributed by atoms with Gasteiger partial charge in [0.25, 0.3) is 0 Å². The molecule has 0 saturated heterocycles. The number of ether oxygens (including phenoxy) is 1. The molecule has 1 aromatic heterocycles. The van der Waals surface area contributed by atoms with Crippen molar-refractivity contribution in [1.82, 2.24) is 15.6 Å². The summed E-state index contributed by atoms with van der Waals surface area (Å²) in [6.07, 6.45) is 1.34. The van der Waals surface area contributed by atoms with Crippen LogP contribution in [-0.2, 0) is 11.3 Å². The van der Waals surface area contributed by atoms with Crippen molar-refractivity contribution in [3.63, 3.8) is 0 Å². The van der Waals surface area contributed by atoms with E-state index in [0.717, 1.165) is 24.6 Å². The fraction of sp³-hybridized carbons (Fsp3) is 0.733. The summed E-state index contributed by atoms with van der Waals surface area (Å²) in [6, 6.07) is 0.391. The summed E-state index contributed by atoms with van der Waals surface area (Å²) < 4.78 is 5.50. The Balaban J connectivity index is 0.00000242. The molecule has 5 nitrogen and oxygen atoms in total. The van der Waals surface area contributed by atoms with Crippen LogP contribution in [0.5, 0.6) is 0 Å². The fourth-order valence-corrected chi connectivity index (χ4v) is 3.34. The van der Waals surface area contributed by atoms with Crippen LogP contribution in [0.1, 0.15) is 37.8 Å². The number of nitrogens with zero attached hydrogens (tertiary/aromatic N) is 2. The number of aliphatic imine (C=N–C) groups is 1. The fourth-order valence-electron chi connectivity index (χ4n) is 2.64. The molecule has 22 heavy (non-hydrogen) atoms. The molecule has 1 fully saturated rings. The van der Waals surface area contributed by atoms with Crippen LogP contribution in [-0.4, -0.2) is 36.7 Å². The number of hydrogen-bond acceptors (Lipinski definition) is 4. The standard InChI is InChI=1S/C15H26N4OS.HI/c1-6-16-14(17-8-11-10(2)18-9-21-11)19-12-7-13(20-5)15(12,3)4;/h9,12-13H,6-8H2,1-5H3,(H2,16,17,19);1H. The van der Waals surface area contributed by atoms with Gasteiger partial charge in [-0.2, -0.15) is 0 Å². The molecule has 1 saturated carbocycles. The highest BCUT2D eigenvalue weighted by molar-refractivity contribution is 14.0. The number of aromatic nitrogens is 1. The molecule has 0 radical (unpaired) electrons. The average molecular weight is 438 g/mol. The zero-order chi connectivity index (χ0) is 15.5. The normalized spacial score (nSPS) is 23.4. The van der Waals surface area contributed by atoms with E-state index >= 15 is 0 Å². The Labute approximate surface area is 154 Å². The molecule has 2 unspecified atom stereocenters. The number of rotatable bonds is 5. The van der Waals surface area contributed by atoms with Crippen molar-refractivity contribution in [2.75, 3.05) is 13.7 Å². The molecule has 0 bridgehead atoms. The minimum Gasteiger partial charge on any atom is -0.381 e. The maximum absolute atomic E-state index is 5.50. The minimum atomic E-state index is 0. The molecule has 0 spiro atoms. The summed E-state index contributed by atoms with van der Waals surface area (Å²) in [6.45, 7) is 10.1. The molecule has 2 atom stereocenters. The lowest BCUT2D eigenvalue weighted by Crippen LogP contribution is -2.63. The van der Waals surface area contributed by atoms with Gasteiger partial charge in [-0.3, -0.25) is 0 Å². The quantitative estimate of drug-likeness (QED) is 0.422. The monoisotopic (exact) mass is 438 g/mol. The van der Waals surface area contributed by atoms with Gasteiger partial charge >= 0.3 is 0 Å². The molecule has 7 heteroatoms. The highest BCUT2D eigenvalue weighted by atomic mass is 127. The predicted molar refractivity (Wildman–Crippen MR) is 103 cm³/mol. The Hall–Kier alpha value is -0.410. The van der Waals surface area contributed by atoms with Gasteiger partial charge in [0.2, 0.25) is 0 Å². The highest BCUT2D eigenvalue weighted by Gasteiger charge is 2.48. The molecule has 126 valence electrons. The molecular weight excluding hydrogens is 411 g/mol. The Morgan fingerprint density at radius 2 is 2.27 bits per heavy atom. The summed E-state index contributed by atoms with van der Waals surface area (Å²) in [4.78, 5) is 10.2. The minimum absolute atomic E-state index is 0. The Kier molecular flexibility index (Phi) is 7.54. The van der Waals surface area contributed by atoms with Crippen LogP contribution in [0, 0.1) is 12.3 Å². The van der Waals surface area contributed by atoms with Crippen molar-refractivity contribution in [2.24, 2.45) is 10.4 Å². The van der Waals surface area contributed by atoms with E-state index in [9.17, 15) is 0 Å². The summed E-state index contributed by atoms with van der Waals surface area (Å²) in [5.41, 5.74) is 3.08. The van der Waals surface area contributed by atoms with Crippen molar-refractivity contribution in [1.29, 1.82) is 0 Å². The van der Waals surface area contributed by atoms with Gasteiger partial charge in [-0.25, -0.2) is 9.98 Å². The largest absolute Gasteiger partial charge is 0.381 e. The number of guanidine groups is 1. The zero-order valence-electron chi connectivity index (χ0n) is 14.0. The van der Waals surface area contributed by atoms with Crippen molar-refractivity contribution in [3.8, 4) is 0 Å². The van der Waals surface area contributed by atoms with Crippen LogP contribution in [0.25, 0.3) is 0 Å². The molecule has 2 rings (SSSR count). The highest BCUT2D eigenvalue weighted by Crippen LogP contribution is 2.42. The summed E-state index contributed by atoms with van der Waals surface area (Å²) >= 11 is 1.66. The lowest BCUT2D eigenvalue weighted by atomic mass is 9.64. The van der Waals surface area contributed by atoms with Gasteiger partial charge in [0.1, 0.15) is 0 Å². The topological polar surface area (TPSA) is 58.5 Å².